The SMILES string of the molecule is O=C(NCc1cccc(-c2ncccn2)c1)c1nc(Cc2cc(Cl)c(O)c(Cl)c2)no1. The summed E-state index contributed by atoms with van der Waals surface area (Å²) >= 11 is 11.8. The second-order valence-electron chi connectivity index (χ2n) is 6.56. The van der Waals surface area contributed by atoms with Gasteiger partial charge in [-0.25, -0.2) is 9.97 Å². The van der Waals surface area contributed by atoms with E-state index in [9.17, 15) is 9.90 Å². The molecule has 1 amide bonds. The molecule has 0 atom stereocenters. The van der Waals surface area contributed by atoms with E-state index in [4.69, 9.17) is 27.7 Å². The first kappa shape index (κ1) is 20.8. The molecular formula is C21H15Cl2N5O3. The first-order valence-electron chi connectivity index (χ1n) is 9.13. The highest BCUT2D eigenvalue weighted by atomic mass is 35.5. The Morgan fingerprint density at radius 1 is 1.03 bits per heavy atom. The molecule has 0 radical (unpaired) electrons. The molecule has 0 saturated carbocycles. The first-order valence-corrected chi connectivity index (χ1v) is 9.89. The summed E-state index contributed by atoms with van der Waals surface area (Å²) in [5, 5.41) is 16.4. The van der Waals surface area contributed by atoms with Crippen LogP contribution >= 0.6 is 23.2 Å². The number of halogens is 2. The first-order chi connectivity index (χ1) is 15.0. The Labute approximate surface area is 186 Å². The highest BCUT2D eigenvalue weighted by Gasteiger charge is 2.16. The molecular weight excluding hydrogens is 441 g/mol. The molecule has 4 aromatic rings. The van der Waals surface area contributed by atoms with Gasteiger partial charge in [-0.3, -0.25) is 4.79 Å². The molecule has 0 unspecified atom stereocenters. The van der Waals surface area contributed by atoms with Gasteiger partial charge in [0.15, 0.2) is 17.4 Å². The molecule has 4 rings (SSSR count). The molecule has 0 bridgehead atoms. The maximum Gasteiger partial charge on any atom is 0.315 e. The van der Waals surface area contributed by atoms with Gasteiger partial charge >= 0.3 is 11.8 Å². The van der Waals surface area contributed by atoms with Crippen LogP contribution in [0.3, 0.4) is 0 Å². The number of aromatic hydroxyl groups is 1. The third-order valence-electron chi connectivity index (χ3n) is 4.31. The monoisotopic (exact) mass is 455 g/mol. The lowest BCUT2D eigenvalue weighted by Crippen LogP contribution is -2.23. The van der Waals surface area contributed by atoms with Crippen LogP contribution in [0.15, 0.2) is 59.4 Å². The summed E-state index contributed by atoms with van der Waals surface area (Å²) in [6.07, 6.45) is 3.57. The van der Waals surface area contributed by atoms with Gasteiger partial charge in [0.2, 0.25) is 0 Å². The predicted octanol–water partition coefficient (Wildman–Crippen LogP) is 4.06. The van der Waals surface area contributed by atoms with E-state index in [0.29, 0.717) is 11.4 Å². The van der Waals surface area contributed by atoms with Gasteiger partial charge in [0, 0.05) is 30.9 Å². The number of aromatic nitrogens is 4. The fourth-order valence-corrected chi connectivity index (χ4v) is 3.38. The van der Waals surface area contributed by atoms with Gasteiger partial charge in [-0.05, 0) is 35.4 Å². The fraction of sp³-hybridized carbons (Fsp3) is 0.0952. The molecule has 2 N–H and O–H groups in total. The van der Waals surface area contributed by atoms with E-state index in [1.807, 2.05) is 24.3 Å². The van der Waals surface area contributed by atoms with Gasteiger partial charge in [0.05, 0.1) is 10.0 Å². The zero-order chi connectivity index (χ0) is 21.8. The van der Waals surface area contributed by atoms with Crippen molar-refractivity contribution in [2.75, 3.05) is 0 Å². The number of rotatable bonds is 6. The Hall–Kier alpha value is -3.49. The molecule has 0 spiro atoms. The molecule has 10 heteroatoms. The number of nitrogens with one attached hydrogen (secondary N) is 1. The van der Waals surface area contributed by atoms with Crippen LogP contribution in [0.5, 0.6) is 5.75 Å². The summed E-state index contributed by atoms with van der Waals surface area (Å²) in [4.78, 5) is 24.9. The zero-order valence-corrected chi connectivity index (χ0v) is 17.4. The molecule has 0 fully saturated rings. The molecule has 0 saturated heterocycles. The standard InChI is InChI=1S/C21H15Cl2N5O3/c22-15-8-13(9-16(23)18(15)29)10-17-27-21(31-28-17)20(30)26-11-12-3-1-4-14(7-12)19-24-5-2-6-25-19/h1-9,29H,10-11H2,(H,26,30). The van der Waals surface area contributed by atoms with E-state index in [1.165, 1.54) is 0 Å². The molecule has 156 valence electrons. The van der Waals surface area contributed by atoms with Crippen molar-refractivity contribution in [3.63, 3.8) is 0 Å². The van der Waals surface area contributed by atoms with Crippen molar-refractivity contribution < 1.29 is 14.4 Å². The molecule has 2 heterocycles. The average molecular weight is 456 g/mol. The summed E-state index contributed by atoms with van der Waals surface area (Å²) in [5.41, 5.74) is 2.38. The van der Waals surface area contributed by atoms with Gasteiger partial charge < -0.3 is 14.9 Å². The van der Waals surface area contributed by atoms with Crippen LogP contribution in [0, 0.1) is 0 Å². The Kier molecular flexibility index (Phi) is 6.11. The summed E-state index contributed by atoms with van der Waals surface area (Å²) in [5.74, 6) is 0.0383. The summed E-state index contributed by atoms with van der Waals surface area (Å²) in [6, 6.07) is 12.4. The molecule has 0 aliphatic heterocycles. The van der Waals surface area contributed by atoms with Crippen molar-refractivity contribution in [3.8, 4) is 17.1 Å². The maximum atomic E-state index is 12.4. The van der Waals surface area contributed by atoms with Crippen LogP contribution in [0.25, 0.3) is 11.4 Å². The van der Waals surface area contributed by atoms with Crippen molar-refractivity contribution in [2.45, 2.75) is 13.0 Å². The highest BCUT2D eigenvalue weighted by Crippen LogP contribution is 2.33. The largest absolute Gasteiger partial charge is 0.505 e. The molecule has 0 aliphatic rings. The Morgan fingerprint density at radius 3 is 2.52 bits per heavy atom. The van der Waals surface area contributed by atoms with E-state index in [-0.39, 0.29) is 40.5 Å². The van der Waals surface area contributed by atoms with Crippen molar-refractivity contribution in [2.24, 2.45) is 0 Å². The third-order valence-corrected chi connectivity index (χ3v) is 4.88. The number of phenolic OH excluding ortho intramolecular Hbond substituents is 1. The minimum absolute atomic E-state index is 0.118. The van der Waals surface area contributed by atoms with E-state index < -0.39 is 5.91 Å². The van der Waals surface area contributed by atoms with Gasteiger partial charge in [-0.15, -0.1) is 0 Å². The number of nitrogens with zero attached hydrogens (tertiary/aromatic N) is 4. The van der Waals surface area contributed by atoms with Gasteiger partial charge in [-0.2, -0.15) is 4.98 Å². The van der Waals surface area contributed by atoms with Crippen LogP contribution in [0.1, 0.15) is 27.6 Å². The second kappa shape index (κ2) is 9.11. The summed E-state index contributed by atoms with van der Waals surface area (Å²) < 4.78 is 5.06. The van der Waals surface area contributed by atoms with E-state index in [0.717, 1.165) is 11.1 Å². The van der Waals surface area contributed by atoms with Gasteiger partial charge in [0.1, 0.15) is 0 Å². The topological polar surface area (TPSA) is 114 Å². The van der Waals surface area contributed by atoms with Crippen LogP contribution < -0.4 is 5.32 Å². The van der Waals surface area contributed by atoms with E-state index in [1.54, 1.807) is 30.6 Å². The highest BCUT2D eigenvalue weighted by molar-refractivity contribution is 6.37. The van der Waals surface area contributed by atoms with E-state index in [2.05, 4.69) is 25.4 Å². The Bertz CT molecular complexity index is 1210. The predicted molar refractivity (Wildman–Crippen MR) is 114 cm³/mol. The minimum Gasteiger partial charge on any atom is -0.505 e. The van der Waals surface area contributed by atoms with E-state index >= 15 is 0 Å². The number of phenols is 1. The Morgan fingerprint density at radius 2 is 1.77 bits per heavy atom. The summed E-state index contributed by atoms with van der Waals surface area (Å²) in [7, 11) is 0. The summed E-state index contributed by atoms with van der Waals surface area (Å²) in [6.45, 7) is 0.264. The number of amides is 1. The van der Waals surface area contributed by atoms with Crippen LogP contribution in [0.4, 0.5) is 0 Å². The molecule has 2 aromatic heterocycles. The van der Waals surface area contributed by atoms with Gasteiger partial charge in [-0.1, -0.05) is 46.6 Å². The smallest absolute Gasteiger partial charge is 0.315 e. The van der Waals surface area contributed by atoms with Crippen LogP contribution in [0.2, 0.25) is 10.0 Å². The number of hydrogen-bond acceptors (Lipinski definition) is 7. The third kappa shape index (κ3) is 4.99. The Balaban J connectivity index is 1.40. The number of carbonyl (C=O) groups is 1. The van der Waals surface area contributed by atoms with Crippen molar-refractivity contribution in [1.29, 1.82) is 0 Å². The lowest BCUT2D eigenvalue weighted by molar-refractivity contribution is 0.0907. The lowest BCUT2D eigenvalue weighted by atomic mass is 10.1. The second-order valence-corrected chi connectivity index (χ2v) is 7.37. The van der Waals surface area contributed by atoms with Crippen molar-refractivity contribution in [3.05, 3.63) is 87.7 Å². The fourth-order valence-electron chi connectivity index (χ4n) is 2.85. The molecule has 2 aromatic carbocycles. The quantitative estimate of drug-likeness (QED) is 0.450. The van der Waals surface area contributed by atoms with Crippen molar-refractivity contribution in [1.82, 2.24) is 25.4 Å². The zero-order valence-electron chi connectivity index (χ0n) is 15.9. The van der Waals surface area contributed by atoms with Crippen LogP contribution in [-0.2, 0) is 13.0 Å². The van der Waals surface area contributed by atoms with Gasteiger partial charge in [0.25, 0.3) is 0 Å². The lowest BCUT2D eigenvalue weighted by Gasteiger charge is -2.05. The molecule has 0 aliphatic carbocycles. The molecule has 31 heavy (non-hydrogen) atoms. The average Bonchev–Trinajstić information content (AvgIpc) is 3.25. The number of hydrogen-bond donors (Lipinski definition) is 2. The normalized spacial score (nSPS) is 10.8. The molecule has 8 nitrogen and oxygen atoms in total. The number of benzene rings is 2. The van der Waals surface area contributed by atoms with Crippen molar-refractivity contribution >= 4 is 29.1 Å². The maximum absolute atomic E-state index is 12.4. The minimum atomic E-state index is -0.498. The number of carbonyl (C=O) groups excluding carboxylic acids is 1. The van der Waals surface area contributed by atoms with Crippen LogP contribution in [-0.4, -0.2) is 31.1 Å².